The molecule has 3 aromatic rings. The zero-order valence-electron chi connectivity index (χ0n) is 14.9. The molecule has 1 N–H and O–H groups in total. The van der Waals surface area contributed by atoms with E-state index in [-0.39, 0.29) is 11.8 Å². The average Bonchev–Trinajstić information content (AvgIpc) is 3.06. The third kappa shape index (κ3) is 3.36. The number of rotatable bonds is 3. The van der Waals surface area contributed by atoms with Gasteiger partial charge in [0.2, 0.25) is 0 Å². The second-order valence-electron chi connectivity index (χ2n) is 6.05. The van der Waals surface area contributed by atoms with Gasteiger partial charge >= 0.3 is 0 Å². The van der Waals surface area contributed by atoms with E-state index in [1.807, 2.05) is 44.2 Å². The van der Waals surface area contributed by atoms with Gasteiger partial charge in [-0.25, -0.2) is 4.98 Å². The first-order valence-electron chi connectivity index (χ1n) is 8.53. The van der Waals surface area contributed by atoms with Gasteiger partial charge in [0.1, 0.15) is 5.03 Å². The Hall–Kier alpha value is -2.64. The minimum Gasteiger partial charge on any atom is -0.321 e. The van der Waals surface area contributed by atoms with Crippen LogP contribution in [0.3, 0.4) is 0 Å². The van der Waals surface area contributed by atoms with Gasteiger partial charge in [-0.15, -0.1) is 11.3 Å². The van der Waals surface area contributed by atoms with Crippen LogP contribution < -0.4 is 10.2 Å². The number of aromatic nitrogens is 1. The molecular weight excluding hydrogens is 378 g/mol. The number of pyridine rings is 1. The summed E-state index contributed by atoms with van der Waals surface area (Å²) < 4.78 is 0. The van der Waals surface area contributed by atoms with Crippen LogP contribution >= 0.6 is 23.1 Å². The molecule has 0 atom stereocenters. The largest absolute Gasteiger partial charge is 0.321 e. The van der Waals surface area contributed by atoms with Crippen molar-refractivity contribution >= 4 is 46.3 Å². The van der Waals surface area contributed by atoms with Crippen LogP contribution in [-0.4, -0.2) is 23.3 Å². The zero-order chi connectivity index (χ0) is 19.0. The number of nitrogens with zero attached hydrogens (tertiary/aromatic N) is 2. The van der Waals surface area contributed by atoms with Gasteiger partial charge in [0, 0.05) is 28.2 Å². The topological polar surface area (TPSA) is 62.3 Å². The normalized spacial score (nSPS) is 13.0. The number of carbonyl (C=O) groups excluding carboxylic acids is 2. The predicted octanol–water partition coefficient (Wildman–Crippen LogP) is 4.84. The number of fused-ring (bicyclic) bond motifs is 2. The van der Waals surface area contributed by atoms with E-state index in [0.717, 1.165) is 15.5 Å². The van der Waals surface area contributed by atoms with Crippen LogP contribution in [0.2, 0.25) is 0 Å². The lowest BCUT2D eigenvalue weighted by Gasteiger charge is -2.21. The lowest BCUT2D eigenvalue weighted by Crippen LogP contribution is -2.30. The number of amides is 2. The first-order chi connectivity index (χ1) is 13.1. The molecule has 0 fully saturated rings. The Morgan fingerprint density at radius 3 is 2.81 bits per heavy atom. The van der Waals surface area contributed by atoms with Crippen molar-refractivity contribution in [3.63, 3.8) is 0 Å². The maximum Gasteiger partial charge on any atom is 0.265 e. The van der Waals surface area contributed by atoms with E-state index in [2.05, 4.69) is 10.3 Å². The van der Waals surface area contributed by atoms with E-state index in [4.69, 9.17) is 0 Å². The molecule has 3 heterocycles. The molecule has 0 radical (unpaired) electrons. The first kappa shape index (κ1) is 17.8. The van der Waals surface area contributed by atoms with E-state index in [0.29, 0.717) is 27.7 Å². The van der Waals surface area contributed by atoms with Crippen molar-refractivity contribution in [3.05, 3.63) is 64.0 Å². The monoisotopic (exact) mass is 395 g/mol. The molecule has 7 heteroatoms. The van der Waals surface area contributed by atoms with Gasteiger partial charge in [0.25, 0.3) is 11.8 Å². The van der Waals surface area contributed by atoms with Crippen molar-refractivity contribution in [2.24, 2.45) is 0 Å². The van der Waals surface area contributed by atoms with Crippen molar-refractivity contribution in [2.45, 2.75) is 23.8 Å². The lowest BCUT2D eigenvalue weighted by atomic mass is 10.2. The molecule has 2 aromatic heterocycles. The number of aryl methyl sites for hydroxylation is 1. The highest BCUT2D eigenvalue weighted by atomic mass is 32.2. The van der Waals surface area contributed by atoms with Crippen LogP contribution in [0.5, 0.6) is 0 Å². The average molecular weight is 396 g/mol. The Bertz CT molecular complexity index is 1050. The van der Waals surface area contributed by atoms with E-state index in [1.165, 1.54) is 23.1 Å². The van der Waals surface area contributed by atoms with Crippen molar-refractivity contribution < 1.29 is 9.59 Å². The highest BCUT2D eigenvalue weighted by Crippen LogP contribution is 2.41. The Morgan fingerprint density at radius 2 is 2.07 bits per heavy atom. The molecule has 1 aliphatic rings. The third-order valence-corrected chi connectivity index (χ3v) is 6.31. The van der Waals surface area contributed by atoms with E-state index in [9.17, 15) is 9.59 Å². The molecule has 1 aliphatic heterocycles. The lowest BCUT2D eigenvalue weighted by molar-refractivity contribution is 0.0983. The molecule has 0 spiro atoms. The minimum absolute atomic E-state index is 0.0577. The molecule has 4 rings (SSSR count). The first-order valence-corrected chi connectivity index (χ1v) is 10.2. The molecule has 136 valence electrons. The number of benzene rings is 1. The molecule has 0 unspecified atom stereocenters. The van der Waals surface area contributed by atoms with Crippen LogP contribution in [0, 0.1) is 6.92 Å². The van der Waals surface area contributed by atoms with E-state index in [1.54, 1.807) is 23.2 Å². The molecule has 5 nitrogen and oxygen atoms in total. The van der Waals surface area contributed by atoms with Gasteiger partial charge in [0.15, 0.2) is 0 Å². The second-order valence-corrected chi connectivity index (χ2v) is 8.37. The number of nitrogens with one attached hydrogen (secondary N) is 1. The third-order valence-electron chi connectivity index (χ3n) is 4.24. The van der Waals surface area contributed by atoms with Gasteiger partial charge in [-0.1, -0.05) is 11.8 Å². The standard InChI is InChI=1S/C20H17N3O2S2/c1-3-23-15-8-7-13(22-18(24)16-9-6-12(2)26-16)11-17(15)27-19-14(20(23)25)5-4-10-21-19/h4-11H,3H2,1-2H3,(H,22,24). The summed E-state index contributed by atoms with van der Waals surface area (Å²) >= 11 is 2.91. The zero-order valence-corrected chi connectivity index (χ0v) is 16.5. The Balaban J connectivity index is 1.70. The summed E-state index contributed by atoms with van der Waals surface area (Å²) in [6.07, 6.45) is 1.69. The van der Waals surface area contributed by atoms with Crippen molar-refractivity contribution in [1.29, 1.82) is 0 Å². The van der Waals surface area contributed by atoms with Crippen LogP contribution in [0.4, 0.5) is 11.4 Å². The second kappa shape index (κ2) is 7.17. The number of carbonyl (C=O) groups is 2. The molecule has 0 saturated carbocycles. The highest BCUT2D eigenvalue weighted by Gasteiger charge is 2.27. The Labute approximate surface area is 165 Å². The van der Waals surface area contributed by atoms with Crippen LogP contribution in [-0.2, 0) is 0 Å². The molecule has 0 saturated heterocycles. The Morgan fingerprint density at radius 1 is 1.22 bits per heavy atom. The van der Waals surface area contributed by atoms with Crippen LogP contribution in [0.1, 0.15) is 31.8 Å². The maximum absolute atomic E-state index is 12.9. The van der Waals surface area contributed by atoms with E-state index >= 15 is 0 Å². The SMILES string of the molecule is CCN1C(=O)c2cccnc2Sc2cc(NC(=O)c3ccc(C)s3)ccc21. The van der Waals surface area contributed by atoms with E-state index < -0.39 is 0 Å². The van der Waals surface area contributed by atoms with Crippen molar-refractivity contribution in [3.8, 4) is 0 Å². The maximum atomic E-state index is 12.9. The van der Waals surface area contributed by atoms with Gasteiger partial charge in [0.05, 0.1) is 16.1 Å². The fourth-order valence-electron chi connectivity index (χ4n) is 2.95. The van der Waals surface area contributed by atoms with Gasteiger partial charge in [-0.3, -0.25) is 9.59 Å². The number of hydrogen-bond donors (Lipinski definition) is 1. The molecular formula is C20H17N3O2S2. The number of hydrogen-bond acceptors (Lipinski definition) is 5. The Kier molecular flexibility index (Phi) is 4.72. The summed E-state index contributed by atoms with van der Waals surface area (Å²) in [5.41, 5.74) is 2.12. The summed E-state index contributed by atoms with van der Waals surface area (Å²) in [5.74, 6) is -0.189. The fourth-order valence-corrected chi connectivity index (χ4v) is 4.77. The molecule has 2 amide bonds. The van der Waals surface area contributed by atoms with Crippen molar-refractivity contribution in [1.82, 2.24) is 4.98 Å². The smallest absolute Gasteiger partial charge is 0.265 e. The molecule has 1 aromatic carbocycles. The molecule has 0 aliphatic carbocycles. The summed E-state index contributed by atoms with van der Waals surface area (Å²) in [7, 11) is 0. The van der Waals surface area contributed by atoms with Crippen LogP contribution in [0.25, 0.3) is 0 Å². The fraction of sp³-hybridized carbons (Fsp3) is 0.150. The van der Waals surface area contributed by atoms with Crippen LogP contribution in [0.15, 0.2) is 58.6 Å². The van der Waals surface area contributed by atoms with Crippen molar-refractivity contribution in [2.75, 3.05) is 16.8 Å². The predicted molar refractivity (Wildman–Crippen MR) is 109 cm³/mol. The summed E-state index contributed by atoms with van der Waals surface area (Å²) in [4.78, 5) is 34.1. The quantitative estimate of drug-likeness (QED) is 0.690. The summed E-state index contributed by atoms with van der Waals surface area (Å²) in [5, 5.41) is 3.62. The summed E-state index contributed by atoms with van der Waals surface area (Å²) in [6.45, 7) is 4.48. The summed E-state index contributed by atoms with van der Waals surface area (Å²) in [6, 6.07) is 12.9. The van der Waals surface area contributed by atoms with Gasteiger partial charge < -0.3 is 10.2 Å². The van der Waals surface area contributed by atoms with Gasteiger partial charge in [-0.05, 0) is 56.3 Å². The highest BCUT2D eigenvalue weighted by molar-refractivity contribution is 7.99. The molecule has 0 bridgehead atoms. The number of anilines is 2. The van der Waals surface area contributed by atoms with Gasteiger partial charge in [-0.2, -0.15) is 0 Å². The molecule has 27 heavy (non-hydrogen) atoms. The minimum atomic E-state index is -0.131. The number of thiophene rings is 1.